The Balaban J connectivity index is 0.00000289. The van der Waals surface area contributed by atoms with Crippen LogP contribution < -0.4 is 11.1 Å². The van der Waals surface area contributed by atoms with Gasteiger partial charge >= 0.3 is 0 Å². The van der Waals surface area contributed by atoms with Crippen molar-refractivity contribution in [1.82, 2.24) is 5.32 Å². The normalized spacial score (nSPS) is 11.7. The number of carbonyl (C=O) groups is 1. The van der Waals surface area contributed by atoms with E-state index in [0.717, 1.165) is 22.9 Å². The molecule has 1 aromatic rings. The molecule has 0 spiro atoms. The molecule has 3 N–H and O–H groups in total. The lowest BCUT2D eigenvalue weighted by Crippen LogP contribution is -2.41. The average Bonchev–Trinajstić information content (AvgIpc) is 2.71. The smallest absolute Gasteiger partial charge is 0.236 e. The molecule has 0 aromatic carbocycles. The van der Waals surface area contributed by atoms with Gasteiger partial charge in [0.05, 0.1) is 10.4 Å². The summed E-state index contributed by atoms with van der Waals surface area (Å²) < 4.78 is 0.781. The van der Waals surface area contributed by atoms with E-state index in [1.807, 2.05) is 18.4 Å². The highest BCUT2D eigenvalue weighted by molar-refractivity contribution is 7.98. The Bertz CT molecular complexity index is 361. The summed E-state index contributed by atoms with van der Waals surface area (Å²) in [5.74, 6) is 0.844. The van der Waals surface area contributed by atoms with Crippen LogP contribution in [0.1, 0.15) is 11.3 Å². The first-order valence-corrected chi connectivity index (χ1v) is 7.98. The van der Waals surface area contributed by atoms with Gasteiger partial charge in [0.15, 0.2) is 0 Å². The molecule has 0 bridgehead atoms. The van der Waals surface area contributed by atoms with Crippen LogP contribution >= 0.6 is 47.1 Å². The number of amides is 1. The highest BCUT2D eigenvalue weighted by Crippen LogP contribution is 2.21. The summed E-state index contributed by atoms with van der Waals surface area (Å²) in [5, 5.41) is 2.84. The lowest BCUT2D eigenvalue weighted by Gasteiger charge is -2.10. The number of hydrogen-bond donors (Lipinski definition) is 2. The molecular formula is C11H18Cl2N2OS2. The van der Waals surface area contributed by atoms with Crippen LogP contribution in [0.15, 0.2) is 12.1 Å². The van der Waals surface area contributed by atoms with Crippen molar-refractivity contribution in [3.63, 3.8) is 0 Å². The van der Waals surface area contributed by atoms with Crippen LogP contribution in [0.4, 0.5) is 0 Å². The van der Waals surface area contributed by atoms with Crippen LogP contribution in [0.2, 0.25) is 4.34 Å². The van der Waals surface area contributed by atoms with Gasteiger partial charge < -0.3 is 11.1 Å². The summed E-state index contributed by atoms with van der Waals surface area (Å²) in [5.41, 5.74) is 5.74. The minimum absolute atomic E-state index is 0. The summed E-state index contributed by atoms with van der Waals surface area (Å²) in [4.78, 5) is 12.8. The molecule has 1 aromatic heterocycles. The Morgan fingerprint density at radius 3 is 2.89 bits per heavy atom. The second kappa shape index (κ2) is 9.92. The van der Waals surface area contributed by atoms with Crippen LogP contribution in [0, 0.1) is 0 Å². The van der Waals surface area contributed by atoms with Crippen molar-refractivity contribution < 1.29 is 4.79 Å². The third-order valence-electron chi connectivity index (χ3n) is 2.27. The molecule has 1 amide bonds. The molecular weight excluding hydrogens is 311 g/mol. The van der Waals surface area contributed by atoms with E-state index in [2.05, 4.69) is 5.32 Å². The zero-order chi connectivity index (χ0) is 12.7. The van der Waals surface area contributed by atoms with Gasteiger partial charge in [-0.25, -0.2) is 0 Å². The van der Waals surface area contributed by atoms with E-state index in [0.29, 0.717) is 6.54 Å². The fraction of sp³-hybridized carbons (Fsp3) is 0.545. The van der Waals surface area contributed by atoms with Gasteiger partial charge in [-0.2, -0.15) is 11.8 Å². The molecule has 0 fully saturated rings. The number of hydrogen-bond acceptors (Lipinski definition) is 4. The molecule has 7 heteroatoms. The van der Waals surface area contributed by atoms with Gasteiger partial charge in [-0.1, -0.05) is 11.6 Å². The Kier molecular flexibility index (Phi) is 9.95. The van der Waals surface area contributed by atoms with Crippen LogP contribution in [-0.4, -0.2) is 30.5 Å². The van der Waals surface area contributed by atoms with Gasteiger partial charge in [0.1, 0.15) is 0 Å². The van der Waals surface area contributed by atoms with E-state index in [1.165, 1.54) is 4.88 Å². The first-order chi connectivity index (χ1) is 8.13. The standard InChI is InChI=1S/C11H17ClN2OS2.ClH/c1-16-7-5-9(13)11(15)14-6-4-8-2-3-10(12)17-8;/h2-3,9H,4-7,13H2,1H3,(H,14,15);1H. The maximum atomic E-state index is 11.6. The number of thioether (sulfide) groups is 1. The van der Waals surface area contributed by atoms with Crippen LogP contribution in [0.25, 0.3) is 0 Å². The number of halogens is 2. The fourth-order valence-corrected chi connectivity index (χ4v) is 2.88. The van der Waals surface area contributed by atoms with Gasteiger partial charge in [0, 0.05) is 11.4 Å². The monoisotopic (exact) mass is 328 g/mol. The maximum absolute atomic E-state index is 11.6. The number of rotatable bonds is 7. The predicted octanol–water partition coefficient (Wildman–Crippen LogP) is 2.56. The van der Waals surface area contributed by atoms with Crippen molar-refractivity contribution in [2.45, 2.75) is 18.9 Å². The molecule has 1 heterocycles. The maximum Gasteiger partial charge on any atom is 0.236 e. The topological polar surface area (TPSA) is 55.1 Å². The lowest BCUT2D eigenvalue weighted by molar-refractivity contribution is -0.122. The van der Waals surface area contributed by atoms with Gasteiger partial charge in [0.2, 0.25) is 5.91 Å². The van der Waals surface area contributed by atoms with Crippen LogP contribution in [0.3, 0.4) is 0 Å². The second-order valence-electron chi connectivity index (χ2n) is 3.63. The number of thiophene rings is 1. The first-order valence-electron chi connectivity index (χ1n) is 5.40. The summed E-state index contributed by atoms with van der Waals surface area (Å²) in [6.07, 6.45) is 3.53. The third-order valence-corrected chi connectivity index (χ3v) is 4.20. The zero-order valence-electron chi connectivity index (χ0n) is 10.1. The average molecular weight is 329 g/mol. The zero-order valence-corrected chi connectivity index (χ0v) is 13.4. The fourth-order valence-electron chi connectivity index (χ4n) is 1.30. The number of carbonyl (C=O) groups excluding carboxylic acids is 1. The molecule has 0 aliphatic carbocycles. The summed E-state index contributed by atoms with van der Waals surface area (Å²) in [6.45, 7) is 0.614. The molecule has 0 aliphatic heterocycles. The minimum atomic E-state index is -0.394. The van der Waals surface area contributed by atoms with E-state index in [9.17, 15) is 4.79 Å². The van der Waals surface area contributed by atoms with E-state index >= 15 is 0 Å². The van der Waals surface area contributed by atoms with Crippen molar-refractivity contribution in [3.8, 4) is 0 Å². The number of nitrogens with two attached hydrogens (primary N) is 1. The highest BCUT2D eigenvalue weighted by Gasteiger charge is 2.11. The molecule has 18 heavy (non-hydrogen) atoms. The first kappa shape index (κ1) is 18.1. The third kappa shape index (κ3) is 6.85. The SMILES string of the molecule is CSCCC(N)C(=O)NCCc1ccc(Cl)s1.Cl. The Morgan fingerprint density at radius 1 is 1.61 bits per heavy atom. The largest absolute Gasteiger partial charge is 0.354 e. The van der Waals surface area contributed by atoms with Gasteiger partial charge in [-0.15, -0.1) is 23.7 Å². The van der Waals surface area contributed by atoms with E-state index in [1.54, 1.807) is 23.1 Å². The second-order valence-corrected chi connectivity index (χ2v) is 6.42. The molecule has 1 atom stereocenters. The molecule has 104 valence electrons. The molecule has 0 radical (unpaired) electrons. The molecule has 0 saturated heterocycles. The summed E-state index contributed by atoms with van der Waals surface area (Å²) >= 11 is 9.06. The Morgan fingerprint density at radius 2 is 2.33 bits per heavy atom. The number of nitrogens with one attached hydrogen (secondary N) is 1. The molecule has 0 aliphatic rings. The van der Waals surface area contributed by atoms with E-state index < -0.39 is 6.04 Å². The Labute approximate surface area is 127 Å². The molecule has 1 unspecified atom stereocenters. The quantitative estimate of drug-likeness (QED) is 0.808. The van der Waals surface area contributed by atoms with Gasteiger partial charge in [0.25, 0.3) is 0 Å². The lowest BCUT2D eigenvalue weighted by atomic mass is 10.2. The molecule has 3 nitrogen and oxygen atoms in total. The van der Waals surface area contributed by atoms with Crippen molar-refractivity contribution in [3.05, 3.63) is 21.3 Å². The van der Waals surface area contributed by atoms with E-state index in [-0.39, 0.29) is 18.3 Å². The van der Waals surface area contributed by atoms with Crippen LogP contribution in [-0.2, 0) is 11.2 Å². The molecule has 1 rings (SSSR count). The summed E-state index contributed by atoms with van der Waals surface area (Å²) in [6, 6.07) is 3.45. The van der Waals surface area contributed by atoms with Crippen molar-refractivity contribution in [2.75, 3.05) is 18.6 Å². The van der Waals surface area contributed by atoms with E-state index in [4.69, 9.17) is 17.3 Å². The predicted molar refractivity (Wildman–Crippen MR) is 84.3 cm³/mol. The van der Waals surface area contributed by atoms with Gasteiger partial charge in [-0.3, -0.25) is 4.79 Å². The van der Waals surface area contributed by atoms with Crippen LogP contribution in [0.5, 0.6) is 0 Å². The van der Waals surface area contributed by atoms with Crippen molar-refractivity contribution in [1.29, 1.82) is 0 Å². The highest BCUT2D eigenvalue weighted by atomic mass is 35.5. The molecule has 0 saturated carbocycles. The van der Waals surface area contributed by atoms with Crippen molar-refractivity contribution >= 4 is 53.0 Å². The minimum Gasteiger partial charge on any atom is -0.354 e. The van der Waals surface area contributed by atoms with Crippen molar-refractivity contribution in [2.24, 2.45) is 5.73 Å². The summed E-state index contributed by atoms with van der Waals surface area (Å²) in [7, 11) is 0. The Hall–Kier alpha value is 0.0600. The van der Waals surface area contributed by atoms with Gasteiger partial charge in [-0.05, 0) is 37.0 Å².